The number of benzene rings is 1. The zero-order valence-electron chi connectivity index (χ0n) is 15.1. The van der Waals surface area contributed by atoms with Gasteiger partial charge in [0.1, 0.15) is 17.9 Å². The van der Waals surface area contributed by atoms with Gasteiger partial charge in [-0.3, -0.25) is 14.5 Å². The highest BCUT2D eigenvalue weighted by atomic mass is 19.1. The molecule has 3 rings (SSSR count). The van der Waals surface area contributed by atoms with Crippen molar-refractivity contribution in [3.63, 3.8) is 0 Å². The molecule has 1 aromatic carbocycles. The molecule has 0 saturated carbocycles. The SMILES string of the molecule is CC[C@]1(c2ccc(F)cc2)NC(=O)N(CC(=O)N2CCCC[C@@H]2C)C1=O. The molecule has 2 aliphatic rings. The molecule has 2 heterocycles. The van der Waals surface area contributed by atoms with Gasteiger partial charge >= 0.3 is 6.03 Å². The van der Waals surface area contributed by atoms with E-state index in [1.54, 1.807) is 11.8 Å². The number of carbonyl (C=O) groups is 3. The minimum absolute atomic E-state index is 0.116. The van der Waals surface area contributed by atoms with Crippen LogP contribution in [0.1, 0.15) is 45.1 Å². The number of imide groups is 1. The van der Waals surface area contributed by atoms with Gasteiger partial charge in [-0.15, -0.1) is 0 Å². The molecule has 2 aliphatic heterocycles. The largest absolute Gasteiger partial charge is 0.338 e. The monoisotopic (exact) mass is 361 g/mol. The van der Waals surface area contributed by atoms with Crippen LogP contribution in [0, 0.1) is 5.82 Å². The van der Waals surface area contributed by atoms with Crippen LogP contribution in [0.25, 0.3) is 0 Å². The van der Waals surface area contributed by atoms with Crippen molar-refractivity contribution < 1.29 is 18.8 Å². The van der Waals surface area contributed by atoms with Crippen LogP contribution in [-0.2, 0) is 15.1 Å². The number of hydrogen-bond acceptors (Lipinski definition) is 3. The van der Waals surface area contributed by atoms with Gasteiger partial charge in [-0.1, -0.05) is 19.1 Å². The van der Waals surface area contributed by atoms with Crippen molar-refractivity contribution in [1.82, 2.24) is 15.1 Å². The molecule has 0 radical (unpaired) electrons. The molecule has 7 heteroatoms. The highest BCUT2D eigenvalue weighted by Gasteiger charge is 2.52. The summed E-state index contributed by atoms with van der Waals surface area (Å²) >= 11 is 0. The van der Waals surface area contributed by atoms with Crippen LogP contribution in [0.15, 0.2) is 24.3 Å². The van der Waals surface area contributed by atoms with Crippen molar-refractivity contribution in [1.29, 1.82) is 0 Å². The van der Waals surface area contributed by atoms with Crippen LogP contribution in [-0.4, -0.2) is 46.8 Å². The molecule has 4 amide bonds. The van der Waals surface area contributed by atoms with Gasteiger partial charge in [-0.2, -0.15) is 0 Å². The second kappa shape index (κ2) is 7.05. The Bertz CT molecular complexity index is 721. The summed E-state index contributed by atoms with van der Waals surface area (Å²) in [6.45, 7) is 4.15. The first-order valence-corrected chi connectivity index (χ1v) is 9.08. The molecule has 0 bridgehead atoms. The van der Waals surface area contributed by atoms with Crippen molar-refractivity contribution in [3.05, 3.63) is 35.6 Å². The Morgan fingerprint density at radius 3 is 2.58 bits per heavy atom. The molecule has 0 spiro atoms. The molecule has 1 aromatic rings. The Kier molecular flexibility index (Phi) is 4.98. The van der Waals surface area contributed by atoms with Gasteiger partial charge in [0, 0.05) is 12.6 Å². The van der Waals surface area contributed by atoms with E-state index >= 15 is 0 Å². The minimum Gasteiger partial charge on any atom is -0.338 e. The number of piperidine rings is 1. The van der Waals surface area contributed by atoms with Gasteiger partial charge in [-0.05, 0) is 50.3 Å². The second-order valence-electron chi connectivity index (χ2n) is 7.02. The Morgan fingerprint density at radius 1 is 1.27 bits per heavy atom. The summed E-state index contributed by atoms with van der Waals surface area (Å²) < 4.78 is 13.2. The van der Waals surface area contributed by atoms with Crippen molar-refractivity contribution in [2.75, 3.05) is 13.1 Å². The molecule has 0 unspecified atom stereocenters. The fourth-order valence-electron chi connectivity index (χ4n) is 3.84. The fourth-order valence-corrected chi connectivity index (χ4v) is 3.84. The number of urea groups is 1. The van der Waals surface area contributed by atoms with E-state index in [4.69, 9.17) is 0 Å². The molecular weight excluding hydrogens is 337 g/mol. The molecule has 0 aromatic heterocycles. The highest BCUT2D eigenvalue weighted by molar-refractivity contribution is 6.09. The predicted octanol–water partition coefficient (Wildman–Crippen LogP) is 2.38. The maximum Gasteiger partial charge on any atom is 0.325 e. The smallest absolute Gasteiger partial charge is 0.325 e. The minimum atomic E-state index is -1.25. The van der Waals surface area contributed by atoms with E-state index in [0.717, 1.165) is 24.2 Å². The number of hydrogen-bond donors (Lipinski definition) is 1. The van der Waals surface area contributed by atoms with E-state index < -0.39 is 23.3 Å². The van der Waals surface area contributed by atoms with Crippen LogP contribution in [0.2, 0.25) is 0 Å². The zero-order valence-corrected chi connectivity index (χ0v) is 15.1. The Hall–Kier alpha value is -2.44. The first-order valence-electron chi connectivity index (χ1n) is 9.08. The van der Waals surface area contributed by atoms with Crippen molar-refractivity contribution in [2.45, 2.75) is 51.1 Å². The third kappa shape index (κ3) is 3.06. The van der Waals surface area contributed by atoms with E-state index in [1.165, 1.54) is 24.3 Å². The molecule has 0 aliphatic carbocycles. The summed E-state index contributed by atoms with van der Waals surface area (Å²) in [5, 5.41) is 2.72. The summed E-state index contributed by atoms with van der Waals surface area (Å²) in [6, 6.07) is 5.04. The number of carbonyl (C=O) groups excluding carboxylic acids is 3. The van der Waals surface area contributed by atoms with E-state index in [-0.39, 0.29) is 18.5 Å². The standard InChI is InChI=1S/C19H24FN3O3/c1-3-19(14-7-9-15(20)10-8-14)17(25)23(18(26)21-19)12-16(24)22-11-5-4-6-13(22)2/h7-10,13H,3-6,11-12H2,1-2H3,(H,21,26)/t13-,19+/m0/s1. The van der Waals surface area contributed by atoms with Crippen LogP contribution in [0.5, 0.6) is 0 Å². The van der Waals surface area contributed by atoms with Gasteiger partial charge in [-0.25, -0.2) is 9.18 Å². The molecule has 26 heavy (non-hydrogen) atoms. The highest BCUT2D eigenvalue weighted by Crippen LogP contribution is 2.32. The molecule has 2 saturated heterocycles. The van der Waals surface area contributed by atoms with Crippen molar-refractivity contribution in [3.8, 4) is 0 Å². The van der Waals surface area contributed by atoms with Crippen molar-refractivity contribution in [2.24, 2.45) is 0 Å². The third-order valence-corrected chi connectivity index (χ3v) is 5.46. The van der Waals surface area contributed by atoms with Crippen molar-refractivity contribution >= 4 is 17.8 Å². The number of nitrogens with zero attached hydrogens (tertiary/aromatic N) is 2. The summed E-state index contributed by atoms with van der Waals surface area (Å²) in [6.07, 6.45) is 3.26. The number of halogens is 1. The van der Waals surface area contributed by atoms with E-state index in [9.17, 15) is 18.8 Å². The first-order chi connectivity index (χ1) is 12.4. The Balaban J connectivity index is 1.81. The second-order valence-corrected chi connectivity index (χ2v) is 7.02. The average molecular weight is 361 g/mol. The molecule has 140 valence electrons. The van der Waals surface area contributed by atoms with Crippen LogP contribution < -0.4 is 5.32 Å². The Morgan fingerprint density at radius 2 is 1.96 bits per heavy atom. The summed E-state index contributed by atoms with van der Waals surface area (Å²) in [5.41, 5.74) is -0.737. The molecule has 2 atom stereocenters. The number of amides is 4. The lowest BCUT2D eigenvalue weighted by atomic mass is 9.87. The number of rotatable bonds is 4. The predicted molar refractivity (Wildman–Crippen MR) is 93.6 cm³/mol. The van der Waals surface area contributed by atoms with E-state index in [2.05, 4.69) is 5.32 Å². The maximum absolute atomic E-state index is 13.2. The topological polar surface area (TPSA) is 69.7 Å². The summed E-state index contributed by atoms with van der Waals surface area (Å²) in [4.78, 5) is 40.8. The average Bonchev–Trinajstić information content (AvgIpc) is 2.87. The quantitative estimate of drug-likeness (QED) is 0.837. The van der Waals surface area contributed by atoms with E-state index in [0.29, 0.717) is 18.5 Å². The lowest BCUT2D eigenvalue weighted by Crippen LogP contribution is -2.49. The zero-order chi connectivity index (χ0) is 18.9. The van der Waals surface area contributed by atoms with Gasteiger partial charge < -0.3 is 10.2 Å². The summed E-state index contributed by atoms with van der Waals surface area (Å²) in [5.74, 6) is -1.09. The normalized spacial score (nSPS) is 26.2. The number of nitrogens with one attached hydrogen (secondary N) is 1. The van der Waals surface area contributed by atoms with Crippen LogP contribution in [0.4, 0.5) is 9.18 Å². The molecule has 1 N–H and O–H groups in total. The van der Waals surface area contributed by atoms with Gasteiger partial charge in [0.2, 0.25) is 5.91 Å². The molecule has 6 nitrogen and oxygen atoms in total. The summed E-state index contributed by atoms with van der Waals surface area (Å²) in [7, 11) is 0. The number of likely N-dealkylation sites (tertiary alicyclic amines) is 1. The molecular formula is C19H24FN3O3. The third-order valence-electron chi connectivity index (χ3n) is 5.46. The van der Waals surface area contributed by atoms with Gasteiger partial charge in [0.15, 0.2) is 0 Å². The molecule has 2 fully saturated rings. The lowest BCUT2D eigenvalue weighted by Gasteiger charge is -2.34. The van der Waals surface area contributed by atoms with Crippen LogP contribution >= 0.6 is 0 Å². The maximum atomic E-state index is 13.2. The van der Waals surface area contributed by atoms with Gasteiger partial charge in [0.25, 0.3) is 5.91 Å². The lowest BCUT2D eigenvalue weighted by molar-refractivity contribution is -0.141. The first kappa shape index (κ1) is 18.4. The van der Waals surface area contributed by atoms with Gasteiger partial charge in [0.05, 0.1) is 0 Å². The Labute approximate surface area is 152 Å². The fraction of sp³-hybridized carbons (Fsp3) is 0.526. The van der Waals surface area contributed by atoms with Crippen LogP contribution in [0.3, 0.4) is 0 Å². The van der Waals surface area contributed by atoms with E-state index in [1.807, 2.05) is 6.92 Å².